The Balaban J connectivity index is 1.44. The SMILES string of the molecule is CCC(c1nnnn1CCc1ccccc1)N(CCc1ccccc1)Cc1cc2ccc(OC)cc2[nH]c1=O. The number of methoxy groups -OCH3 is 1. The fraction of sp³-hybridized carbons (Fsp3) is 0.290. The number of nitrogens with one attached hydrogen (secondary N) is 1. The lowest BCUT2D eigenvalue weighted by molar-refractivity contribution is 0.171. The Labute approximate surface area is 228 Å². The fourth-order valence-electron chi connectivity index (χ4n) is 5.04. The number of ether oxygens (including phenoxy) is 1. The molecule has 8 heteroatoms. The summed E-state index contributed by atoms with van der Waals surface area (Å²) in [4.78, 5) is 18.6. The minimum absolute atomic E-state index is 0.0505. The maximum atomic E-state index is 13.2. The highest BCUT2D eigenvalue weighted by molar-refractivity contribution is 5.80. The number of aromatic nitrogens is 5. The van der Waals surface area contributed by atoms with Crippen LogP contribution in [0.25, 0.3) is 10.9 Å². The molecule has 1 unspecified atom stereocenters. The molecule has 0 saturated heterocycles. The predicted molar refractivity (Wildman–Crippen MR) is 153 cm³/mol. The molecule has 0 aliphatic rings. The van der Waals surface area contributed by atoms with Crippen molar-refractivity contribution in [2.75, 3.05) is 13.7 Å². The van der Waals surface area contributed by atoms with Crippen LogP contribution >= 0.6 is 0 Å². The van der Waals surface area contributed by atoms with Gasteiger partial charge in [0.2, 0.25) is 0 Å². The molecule has 8 nitrogen and oxygen atoms in total. The lowest BCUT2D eigenvalue weighted by Crippen LogP contribution is -2.34. The summed E-state index contributed by atoms with van der Waals surface area (Å²) in [6.07, 6.45) is 2.50. The first-order chi connectivity index (χ1) is 19.1. The van der Waals surface area contributed by atoms with Crippen molar-refractivity contribution in [2.24, 2.45) is 0 Å². The van der Waals surface area contributed by atoms with Crippen LogP contribution < -0.4 is 10.3 Å². The Morgan fingerprint density at radius 2 is 1.67 bits per heavy atom. The molecule has 0 aliphatic heterocycles. The van der Waals surface area contributed by atoms with E-state index in [-0.39, 0.29) is 11.6 Å². The number of nitrogens with zero attached hydrogens (tertiary/aromatic N) is 5. The van der Waals surface area contributed by atoms with Gasteiger partial charge in [-0.25, -0.2) is 4.68 Å². The maximum absolute atomic E-state index is 13.2. The summed E-state index contributed by atoms with van der Waals surface area (Å²) < 4.78 is 7.24. The molecule has 0 saturated carbocycles. The van der Waals surface area contributed by atoms with Gasteiger partial charge in [0.1, 0.15) is 5.75 Å². The molecule has 1 atom stereocenters. The molecule has 39 heavy (non-hydrogen) atoms. The van der Waals surface area contributed by atoms with E-state index >= 15 is 0 Å². The minimum Gasteiger partial charge on any atom is -0.497 e. The number of pyridine rings is 1. The van der Waals surface area contributed by atoms with Crippen LogP contribution in [0.4, 0.5) is 0 Å². The number of hydrogen-bond donors (Lipinski definition) is 1. The molecule has 0 radical (unpaired) electrons. The van der Waals surface area contributed by atoms with E-state index in [0.29, 0.717) is 24.4 Å². The van der Waals surface area contributed by atoms with Crippen LogP contribution in [-0.4, -0.2) is 43.7 Å². The molecule has 2 aromatic heterocycles. The first-order valence-electron chi connectivity index (χ1n) is 13.4. The molecule has 2 heterocycles. The van der Waals surface area contributed by atoms with Gasteiger partial charge in [-0.05, 0) is 64.4 Å². The van der Waals surface area contributed by atoms with E-state index in [2.05, 4.69) is 68.7 Å². The summed E-state index contributed by atoms with van der Waals surface area (Å²) >= 11 is 0. The Morgan fingerprint density at radius 3 is 2.36 bits per heavy atom. The summed E-state index contributed by atoms with van der Waals surface area (Å²) in [5.74, 6) is 1.53. The van der Waals surface area contributed by atoms with Crippen LogP contribution in [0.15, 0.2) is 89.7 Å². The molecule has 5 aromatic rings. The number of aryl methyl sites for hydroxylation is 2. The second kappa shape index (κ2) is 12.5. The Hall–Kier alpha value is -4.30. The van der Waals surface area contributed by atoms with Crippen molar-refractivity contribution in [3.63, 3.8) is 0 Å². The van der Waals surface area contributed by atoms with Crippen LogP contribution in [0.5, 0.6) is 5.75 Å². The monoisotopic (exact) mass is 522 g/mol. The zero-order valence-electron chi connectivity index (χ0n) is 22.5. The smallest absolute Gasteiger partial charge is 0.252 e. The number of fused-ring (bicyclic) bond motifs is 1. The van der Waals surface area contributed by atoms with Crippen LogP contribution in [0, 0.1) is 0 Å². The second-order valence-electron chi connectivity index (χ2n) is 9.70. The average molecular weight is 523 g/mol. The zero-order valence-corrected chi connectivity index (χ0v) is 22.5. The van der Waals surface area contributed by atoms with Crippen molar-refractivity contribution < 1.29 is 4.74 Å². The second-order valence-corrected chi connectivity index (χ2v) is 9.70. The lowest BCUT2D eigenvalue weighted by atomic mass is 10.1. The Bertz CT molecular complexity index is 1550. The maximum Gasteiger partial charge on any atom is 0.252 e. The topological polar surface area (TPSA) is 88.9 Å². The average Bonchev–Trinajstić information content (AvgIpc) is 3.44. The number of tetrazole rings is 1. The Kier molecular flexibility index (Phi) is 8.43. The molecule has 0 spiro atoms. The van der Waals surface area contributed by atoms with Gasteiger partial charge in [0, 0.05) is 31.3 Å². The molecule has 5 rings (SSSR count). The van der Waals surface area contributed by atoms with Gasteiger partial charge in [-0.15, -0.1) is 5.10 Å². The van der Waals surface area contributed by atoms with Crippen molar-refractivity contribution in [3.05, 3.63) is 118 Å². The first kappa shape index (κ1) is 26.3. The van der Waals surface area contributed by atoms with E-state index in [1.807, 2.05) is 53.2 Å². The minimum atomic E-state index is -0.0982. The molecular formula is C31H34N6O2. The number of H-pyrrole nitrogens is 1. The van der Waals surface area contributed by atoms with Gasteiger partial charge in [-0.3, -0.25) is 9.69 Å². The predicted octanol–water partition coefficient (Wildman–Crippen LogP) is 4.96. The van der Waals surface area contributed by atoms with Crippen molar-refractivity contribution in [1.82, 2.24) is 30.1 Å². The number of rotatable bonds is 12. The van der Waals surface area contributed by atoms with E-state index in [9.17, 15) is 4.79 Å². The molecule has 1 N–H and O–H groups in total. The van der Waals surface area contributed by atoms with E-state index in [4.69, 9.17) is 4.74 Å². The van der Waals surface area contributed by atoms with Gasteiger partial charge in [0.05, 0.1) is 18.7 Å². The lowest BCUT2D eigenvalue weighted by Gasteiger charge is -2.30. The molecule has 0 fully saturated rings. The van der Waals surface area contributed by atoms with Gasteiger partial charge in [0.25, 0.3) is 5.56 Å². The van der Waals surface area contributed by atoms with Crippen molar-refractivity contribution in [3.8, 4) is 5.75 Å². The number of hydrogen-bond acceptors (Lipinski definition) is 6. The van der Waals surface area contributed by atoms with Crippen molar-refractivity contribution in [2.45, 2.75) is 45.3 Å². The van der Waals surface area contributed by atoms with Gasteiger partial charge < -0.3 is 9.72 Å². The molecular weight excluding hydrogens is 488 g/mol. The van der Waals surface area contributed by atoms with E-state index in [1.54, 1.807) is 7.11 Å². The van der Waals surface area contributed by atoms with E-state index in [1.165, 1.54) is 11.1 Å². The Morgan fingerprint density at radius 1 is 0.949 bits per heavy atom. The third-order valence-corrected chi connectivity index (χ3v) is 7.17. The summed E-state index contributed by atoms with van der Waals surface area (Å²) in [6.45, 7) is 4.07. The van der Waals surface area contributed by atoms with Gasteiger partial charge >= 0.3 is 0 Å². The highest BCUT2D eigenvalue weighted by atomic mass is 16.5. The highest BCUT2D eigenvalue weighted by Gasteiger charge is 2.25. The van der Waals surface area contributed by atoms with Crippen LogP contribution in [0.2, 0.25) is 0 Å². The summed E-state index contributed by atoms with van der Waals surface area (Å²) in [7, 11) is 1.62. The standard InChI is InChI=1S/C31H34N6O2/c1-3-29(30-33-34-35-37(30)19-17-24-12-8-5-9-13-24)36(18-16-23-10-6-4-7-11-23)22-26-20-25-14-15-27(39-2)21-28(25)32-31(26)38/h4-15,20-21,29H,3,16-19,22H2,1-2H3,(H,32,38). The van der Waals surface area contributed by atoms with E-state index in [0.717, 1.165) is 42.5 Å². The summed E-state index contributed by atoms with van der Waals surface area (Å²) in [5.41, 5.74) is 3.87. The fourth-order valence-corrected chi connectivity index (χ4v) is 5.04. The van der Waals surface area contributed by atoms with Crippen LogP contribution in [-0.2, 0) is 25.9 Å². The molecule has 0 amide bonds. The largest absolute Gasteiger partial charge is 0.497 e. The number of benzene rings is 3. The van der Waals surface area contributed by atoms with Gasteiger partial charge in [-0.2, -0.15) is 0 Å². The third kappa shape index (κ3) is 6.41. The molecule has 200 valence electrons. The molecule has 0 bridgehead atoms. The van der Waals surface area contributed by atoms with Crippen molar-refractivity contribution in [1.29, 1.82) is 0 Å². The summed E-state index contributed by atoms with van der Waals surface area (Å²) in [6, 6.07) is 28.4. The van der Waals surface area contributed by atoms with Crippen LogP contribution in [0.3, 0.4) is 0 Å². The third-order valence-electron chi connectivity index (χ3n) is 7.17. The van der Waals surface area contributed by atoms with E-state index < -0.39 is 0 Å². The molecule has 3 aromatic carbocycles. The van der Waals surface area contributed by atoms with Crippen molar-refractivity contribution >= 4 is 10.9 Å². The molecule has 0 aliphatic carbocycles. The quantitative estimate of drug-likeness (QED) is 0.249. The number of aromatic amines is 1. The highest BCUT2D eigenvalue weighted by Crippen LogP contribution is 2.26. The first-order valence-corrected chi connectivity index (χ1v) is 13.4. The zero-order chi connectivity index (χ0) is 27.0. The van der Waals surface area contributed by atoms with Gasteiger partial charge in [0.15, 0.2) is 5.82 Å². The normalized spacial score (nSPS) is 12.2. The summed E-state index contributed by atoms with van der Waals surface area (Å²) in [5, 5.41) is 13.8. The van der Waals surface area contributed by atoms with Gasteiger partial charge in [-0.1, -0.05) is 67.6 Å². The van der Waals surface area contributed by atoms with Crippen LogP contribution in [0.1, 0.15) is 41.9 Å².